The third-order valence-electron chi connectivity index (χ3n) is 5.54. The van der Waals surface area contributed by atoms with Crippen molar-refractivity contribution in [1.29, 1.82) is 0 Å². The van der Waals surface area contributed by atoms with Crippen molar-refractivity contribution in [1.82, 2.24) is 18.7 Å². The maximum Gasteiger partial charge on any atom is 0.332 e. The Labute approximate surface area is 178 Å². The highest BCUT2D eigenvalue weighted by molar-refractivity contribution is 5.74. The van der Waals surface area contributed by atoms with E-state index in [1.54, 1.807) is 11.6 Å². The first-order valence-corrected chi connectivity index (χ1v) is 10.2. The molecule has 10 nitrogen and oxygen atoms in total. The summed E-state index contributed by atoms with van der Waals surface area (Å²) in [4.78, 5) is 32.0. The zero-order valence-corrected chi connectivity index (χ0v) is 17.9. The van der Waals surface area contributed by atoms with Crippen molar-refractivity contribution in [3.63, 3.8) is 0 Å². The van der Waals surface area contributed by atoms with Crippen molar-refractivity contribution in [3.05, 3.63) is 50.7 Å². The van der Waals surface area contributed by atoms with Crippen LogP contribution in [0.3, 0.4) is 0 Å². The van der Waals surface area contributed by atoms with Crippen LogP contribution in [0.25, 0.3) is 11.2 Å². The van der Waals surface area contributed by atoms with Crippen LogP contribution in [0.1, 0.15) is 5.56 Å². The van der Waals surface area contributed by atoms with E-state index < -0.39 is 17.4 Å². The van der Waals surface area contributed by atoms with Gasteiger partial charge in [-0.3, -0.25) is 13.9 Å². The van der Waals surface area contributed by atoms with Crippen molar-refractivity contribution in [3.8, 4) is 5.75 Å². The third kappa shape index (κ3) is 3.96. The fourth-order valence-corrected chi connectivity index (χ4v) is 3.78. The average Bonchev–Trinajstić information content (AvgIpc) is 3.15. The molecule has 1 aromatic carbocycles. The van der Waals surface area contributed by atoms with Gasteiger partial charge in [0.2, 0.25) is 5.95 Å². The summed E-state index contributed by atoms with van der Waals surface area (Å²) in [5, 5.41) is 10.7. The summed E-state index contributed by atoms with van der Waals surface area (Å²) in [6, 6.07) is 7.58. The molecule has 1 fully saturated rings. The second-order valence-corrected chi connectivity index (χ2v) is 7.73. The molecular formula is C21H27N5O5. The zero-order valence-electron chi connectivity index (χ0n) is 17.9. The van der Waals surface area contributed by atoms with E-state index in [0.717, 1.165) is 10.1 Å². The molecule has 4 rings (SSSR count). The highest BCUT2D eigenvalue weighted by Gasteiger charge is 2.25. The second-order valence-electron chi connectivity index (χ2n) is 7.73. The van der Waals surface area contributed by atoms with Gasteiger partial charge in [0.05, 0.1) is 19.8 Å². The van der Waals surface area contributed by atoms with E-state index in [1.165, 1.54) is 11.6 Å². The first-order chi connectivity index (χ1) is 14.9. The lowest BCUT2D eigenvalue weighted by molar-refractivity contribution is 0.0924. The number of morpholine rings is 1. The highest BCUT2D eigenvalue weighted by Crippen LogP contribution is 2.22. The number of aromatic nitrogens is 4. The number of ether oxygens (including phenoxy) is 2. The molecular weight excluding hydrogens is 402 g/mol. The quantitative estimate of drug-likeness (QED) is 0.589. The summed E-state index contributed by atoms with van der Waals surface area (Å²) in [6.07, 6.45) is -0.890. The van der Waals surface area contributed by atoms with Gasteiger partial charge in [0.1, 0.15) is 18.5 Å². The van der Waals surface area contributed by atoms with Crippen molar-refractivity contribution < 1.29 is 14.6 Å². The Balaban J connectivity index is 1.71. The Morgan fingerprint density at radius 3 is 2.58 bits per heavy atom. The minimum atomic E-state index is -0.890. The van der Waals surface area contributed by atoms with Crippen LogP contribution in [0.4, 0.5) is 5.95 Å². The van der Waals surface area contributed by atoms with Crippen molar-refractivity contribution in [2.75, 3.05) is 37.8 Å². The Hall–Kier alpha value is -3.11. The van der Waals surface area contributed by atoms with Gasteiger partial charge in [-0.1, -0.05) is 18.2 Å². The van der Waals surface area contributed by atoms with Crippen molar-refractivity contribution in [2.24, 2.45) is 14.1 Å². The molecule has 1 N–H and O–H groups in total. The Morgan fingerprint density at radius 1 is 1.16 bits per heavy atom. The van der Waals surface area contributed by atoms with Crippen LogP contribution in [0.2, 0.25) is 0 Å². The molecule has 2 aromatic heterocycles. The third-order valence-corrected chi connectivity index (χ3v) is 5.54. The molecule has 1 aliphatic rings. The van der Waals surface area contributed by atoms with Crippen LogP contribution in [0.5, 0.6) is 5.75 Å². The molecule has 0 spiro atoms. The molecule has 166 valence electrons. The summed E-state index contributed by atoms with van der Waals surface area (Å²) in [6.45, 7) is 4.38. The van der Waals surface area contributed by atoms with Gasteiger partial charge in [0.15, 0.2) is 11.2 Å². The summed E-state index contributed by atoms with van der Waals surface area (Å²) in [5.41, 5.74) is 0.652. The molecule has 0 saturated carbocycles. The van der Waals surface area contributed by atoms with Crippen LogP contribution in [0, 0.1) is 6.92 Å². The van der Waals surface area contributed by atoms with E-state index in [0.29, 0.717) is 43.6 Å². The molecule has 10 heteroatoms. The first-order valence-electron chi connectivity index (χ1n) is 10.2. The number of aryl methyl sites for hydroxylation is 2. The number of para-hydroxylation sites is 1. The summed E-state index contributed by atoms with van der Waals surface area (Å²) < 4.78 is 15.3. The maximum atomic E-state index is 13.0. The van der Waals surface area contributed by atoms with E-state index in [4.69, 9.17) is 9.47 Å². The van der Waals surface area contributed by atoms with Crippen LogP contribution in [0.15, 0.2) is 33.9 Å². The first kappa shape index (κ1) is 21.1. The molecule has 1 aliphatic heterocycles. The van der Waals surface area contributed by atoms with Gasteiger partial charge < -0.3 is 24.0 Å². The molecule has 0 unspecified atom stereocenters. The molecule has 1 atom stereocenters. The maximum absolute atomic E-state index is 13.0. The van der Waals surface area contributed by atoms with Gasteiger partial charge in [-0.2, -0.15) is 4.98 Å². The summed E-state index contributed by atoms with van der Waals surface area (Å²) in [5.74, 6) is 1.23. The minimum absolute atomic E-state index is 0.0547. The summed E-state index contributed by atoms with van der Waals surface area (Å²) >= 11 is 0. The number of aliphatic hydroxyl groups excluding tert-OH is 1. The Bertz CT molecular complexity index is 1210. The number of anilines is 1. The molecule has 0 aliphatic carbocycles. The second kappa shape index (κ2) is 8.56. The monoisotopic (exact) mass is 429 g/mol. The molecule has 0 bridgehead atoms. The van der Waals surface area contributed by atoms with Crippen LogP contribution < -0.4 is 20.9 Å². The zero-order chi connectivity index (χ0) is 22.1. The van der Waals surface area contributed by atoms with Crippen molar-refractivity contribution in [2.45, 2.75) is 19.6 Å². The highest BCUT2D eigenvalue weighted by atomic mass is 16.5. The molecule has 3 heterocycles. The largest absolute Gasteiger partial charge is 0.491 e. The van der Waals surface area contributed by atoms with E-state index in [2.05, 4.69) is 4.98 Å². The van der Waals surface area contributed by atoms with E-state index >= 15 is 0 Å². The van der Waals surface area contributed by atoms with Gasteiger partial charge in [-0.15, -0.1) is 0 Å². The Morgan fingerprint density at radius 2 is 1.87 bits per heavy atom. The predicted octanol–water partition coefficient (Wildman–Crippen LogP) is 0.0186. The van der Waals surface area contributed by atoms with Gasteiger partial charge >= 0.3 is 5.69 Å². The average molecular weight is 429 g/mol. The number of rotatable bonds is 6. The topological polar surface area (TPSA) is 104 Å². The number of fused-ring (bicyclic) bond motifs is 1. The van der Waals surface area contributed by atoms with Gasteiger partial charge in [-0.25, -0.2) is 4.79 Å². The number of hydrogen-bond acceptors (Lipinski definition) is 7. The van der Waals surface area contributed by atoms with Crippen LogP contribution >= 0.6 is 0 Å². The number of aliphatic hydroxyl groups is 1. The van der Waals surface area contributed by atoms with E-state index in [-0.39, 0.29) is 18.7 Å². The molecule has 31 heavy (non-hydrogen) atoms. The number of imidazole rings is 1. The van der Waals surface area contributed by atoms with Crippen molar-refractivity contribution >= 4 is 17.1 Å². The van der Waals surface area contributed by atoms with Gasteiger partial charge in [0, 0.05) is 27.2 Å². The lowest BCUT2D eigenvalue weighted by atomic mass is 10.2. The molecule has 0 radical (unpaired) electrons. The van der Waals surface area contributed by atoms with Gasteiger partial charge in [-0.05, 0) is 18.6 Å². The molecule has 0 amide bonds. The number of hydrogen-bond donors (Lipinski definition) is 1. The van der Waals surface area contributed by atoms with Gasteiger partial charge in [0.25, 0.3) is 5.56 Å². The van der Waals surface area contributed by atoms with E-state index in [1.807, 2.05) is 36.1 Å². The fourth-order valence-electron chi connectivity index (χ4n) is 3.78. The van der Waals surface area contributed by atoms with E-state index in [9.17, 15) is 14.7 Å². The van der Waals surface area contributed by atoms with Crippen LogP contribution in [-0.2, 0) is 25.4 Å². The smallest absolute Gasteiger partial charge is 0.332 e. The molecule has 1 saturated heterocycles. The normalized spacial score (nSPS) is 15.4. The minimum Gasteiger partial charge on any atom is -0.491 e. The molecule has 3 aromatic rings. The lowest BCUT2D eigenvalue weighted by Crippen LogP contribution is -2.39. The lowest BCUT2D eigenvalue weighted by Gasteiger charge is -2.28. The Kier molecular flexibility index (Phi) is 5.84. The fraction of sp³-hybridized carbons (Fsp3) is 0.476. The number of benzene rings is 1. The standard InChI is InChI=1S/C21H27N5O5/c1-14-6-4-5-7-16(14)31-13-15(27)12-26-17-18(23(2)21(29)24(3)19(17)28)22-20(26)25-8-10-30-11-9-25/h4-7,15,27H,8-13H2,1-3H3/t15-/m0/s1. The summed E-state index contributed by atoms with van der Waals surface area (Å²) in [7, 11) is 3.02. The number of nitrogens with zero attached hydrogens (tertiary/aromatic N) is 5. The predicted molar refractivity (Wildman–Crippen MR) is 116 cm³/mol. The van der Waals surface area contributed by atoms with Crippen LogP contribution in [-0.4, -0.2) is 62.8 Å². The SMILES string of the molecule is Cc1ccccc1OC[C@@H](O)Cn1c(N2CCOCC2)nc2c1c(=O)n(C)c(=O)n2C.